The van der Waals surface area contributed by atoms with Gasteiger partial charge in [0.1, 0.15) is 0 Å². The summed E-state index contributed by atoms with van der Waals surface area (Å²) in [6.07, 6.45) is 0. The highest BCUT2D eigenvalue weighted by Gasteiger charge is 2.09. The highest BCUT2D eigenvalue weighted by Crippen LogP contribution is 2.14. The number of anilines is 2. The quantitative estimate of drug-likeness (QED) is 0.842. The summed E-state index contributed by atoms with van der Waals surface area (Å²) in [5.41, 5.74) is 1.92. The van der Waals surface area contributed by atoms with Crippen molar-refractivity contribution in [2.45, 2.75) is 13.8 Å². The van der Waals surface area contributed by atoms with Crippen molar-refractivity contribution in [1.29, 1.82) is 0 Å². The van der Waals surface area contributed by atoms with Crippen molar-refractivity contribution in [3.8, 4) is 0 Å². The second-order valence-corrected chi connectivity index (χ2v) is 5.60. The number of hydrogen-bond acceptors (Lipinski definition) is 4. The molecule has 5 heteroatoms. The maximum atomic E-state index is 11.6. The zero-order valence-corrected chi connectivity index (χ0v) is 12.9. The van der Waals surface area contributed by atoms with E-state index in [0.717, 1.165) is 50.8 Å². The fourth-order valence-electron chi connectivity index (χ4n) is 2.14. The summed E-state index contributed by atoms with van der Waals surface area (Å²) >= 11 is 0. The van der Waals surface area contributed by atoms with Gasteiger partial charge in [0.2, 0.25) is 5.91 Å². The molecule has 1 aromatic rings. The fourth-order valence-corrected chi connectivity index (χ4v) is 2.14. The van der Waals surface area contributed by atoms with Crippen LogP contribution >= 0.6 is 0 Å². The predicted molar refractivity (Wildman–Crippen MR) is 85.7 cm³/mol. The molecule has 116 valence electrons. The number of carbonyl (C=O) groups is 1. The number of nitrogens with one attached hydrogen (secondary N) is 2. The second-order valence-electron chi connectivity index (χ2n) is 5.60. The predicted octanol–water partition coefficient (Wildman–Crippen LogP) is 2.03. The van der Waals surface area contributed by atoms with Gasteiger partial charge in [-0.05, 0) is 24.3 Å². The van der Waals surface area contributed by atoms with E-state index < -0.39 is 0 Å². The highest BCUT2D eigenvalue weighted by molar-refractivity contribution is 5.92. The topological polar surface area (TPSA) is 53.6 Å². The van der Waals surface area contributed by atoms with Gasteiger partial charge in [0.15, 0.2) is 0 Å². The van der Waals surface area contributed by atoms with Crippen molar-refractivity contribution >= 4 is 17.3 Å². The molecule has 0 bridgehead atoms. The number of amides is 1. The Balaban J connectivity index is 1.73. The molecule has 0 atom stereocenters. The van der Waals surface area contributed by atoms with Crippen LogP contribution in [0.15, 0.2) is 24.3 Å². The van der Waals surface area contributed by atoms with Crippen LogP contribution in [-0.4, -0.2) is 50.2 Å². The number of hydrogen-bond donors (Lipinski definition) is 2. The van der Waals surface area contributed by atoms with Gasteiger partial charge in [-0.15, -0.1) is 0 Å². The lowest BCUT2D eigenvalue weighted by Crippen LogP contribution is -2.38. The second kappa shape index (κ2) is 8.00. The van der Waals surface area contributed by atoms with Crippen molar-refractivity contribution in [2.75, 3.05) is 50.0 Å². The molecular formula is C16H25N3O2. The molecule has 21 heavy (non-hydrogen) atoms. The van der Waals surface area contributed by atoms with Gasteiger partial charge in [0.05, 0.1) is 13.2 Å². The summed E-state index contributed by atoms with van der Waals surface area (Å²) in [7, 11) is 0. The summed E-state index contributed by atoms with van der Waals surface area (Å²) in [4.78, 5) is 14.0. The Hall–Kier alpha value is -1.59. The van der Waals surface area contributed by atoms with Crippen molar-refractivity contribution in [2.24, 2.45) is 5.92 Å². The molecule has 0 saturated carbocycles. The van der Waals surface area contributed by atoms with Crippen LogP contribution < -0.4 is 10.6 Å². The van der Waals surface area contributed by atoms with Gasteiger partial charge in [-0.2, -0.15) is 0 Å². The lowest BCUT2D eigenvalue weighted by Gasteiger charge is -2.26. The minimum Gasteiger partial charge on any atom is -0.384 e. The van der Waals surface area contributed by atoms with Crippen LogP contribution in [0.25, 0.3) is 0 Å². The van der Waals surface area contributed by atoms with E-state index in [1.54, 1.807) is 0 Å². The van der Waals surface area contributed by atoms with Gasteiger partial charge >= 0.3 is 0 Å². The lowest BCUT2D eigenvalue weighted by atomic mass is 10.2. The van der Waals surface area contributed by atoms with Gasteiger partial charge in [-0.25, -0.2) is 0 Å². The summed E-state index contributed by atoms with van der Waals surface area (Å²) in [5.74, 6) is 0.0411. The SMILES string of the molecule is CC(C)C(=O)Nc1ccc(NCCN2CCOCC2)cc1. The van der Waals surface area contributed by atoms with E-state index >= 15 is 0 Å². The van der Waals surface area contributed by atoms with E-state index in [-0.39, 0.29) is 11.8 Å². The first-order valence-electron chi connectivity index (χ1n) is 7.60. The van der Waals surface area contributed by atoms with Crippen molar-refractivity contribution < 1.29 is 9.53 Å². The Labute approximate surface area is 126 Å². The van der Waals surface area contributed by atoms with Gasteiger partial charge in [-0.1, -0.05) is 13.8 Å². The molecular weight excluding hydrogens is 266 g/mol. The molecule has 0 spiro atoms. The molecule has 0 aliphatic carbocycles. The lowest BCUT2D eigenvalue weighted by molar-refractivity contribution is -0.118. The Kier molecular flexibility index (Phi) is 6.02. The van der Waals surface area contributed by atoms with E-state index in [9.17, 15) is 4.79 Å². The Bertz CT molecular complexity index is 439. The third kappa shape index (κ3) is 5.36. The fraction of sp³-hybridized carbons (Fsp3) is 0.562. The number of carbonyl (C=O) groups excluding carboxylic acids is 1. The highest BCUT2D eigenvalue weighted by atomic mass is 16.5. The van der Waals surface area contributed by atoms with Crippen molar-refractivity contribution in [3.63, 3.8) is 0 Å². The molecule has 2 rings (SSSR count). The van der Waals surface area contributed by atoms with E-state index in [4.69, 9.17) is 4.74 Å². The summed E-state index contributed by atoms with van der Waals surface area (Å²) in [5, 5.41) is 6.29. The van der Waals surface area contributed by atoms with Gasteiger partial charge in [0.25, 0.3) is 0 Å². The first-order chi connectivity index (χ1) is 10.1. The zero-order chi connectivity index (χ0) is 15.1. The number of nitrogens with zero attached hydrogens (tertiary/aromatic N) is 1. The molecule has 1 aliphatic heterocycles. The third-order valence-corrected chi connectivity index (χ3v) is 3.54. The first kappa shape index (κ1) is 15.8. The van der Waals surface area contributed by atoms with E-state index in [1.165, 1.54) is 0 Å². The van der Waals surface area contributed by atoms with Crippen molar-refractivity contribution in [1.82, 2.24) is 4.90 Å². The molecule has 1 amide bonds. The zero-order valence-electron chi connectivity index (χ0n) is 12.9. The molecule has 5 nitrogen and oxygen atoms in total. The van der Waals surface area contributed by atoms with E-state index in [1.807, 2.05) is 38.1 Å². The normalized spacial score (nSPS) is 16.0. The number of morpholine rings is 1. The molecule has 2 N–H and O–H groups in total. The van der Waals surface area contributed by atoms with Crippen LogP contribution in [0, 0.1) is 5.92 Å². The maximum Gasteiger partial charge on any atom is 0.226 e. The maximum absolute atomic E-state index is 11.6. The molecule has 0 radical (unpaired) electrons. The van der Waals surface area contributed by atoms with Crippen LogP contribution in [0.3, 0.4) is 0 Å². The Morgan fingerprint density at radius 3 is 2.43 bits per heavy atom. The summed E-state index contributed by atoms with van der Waals surface area (Å²) < 4.78 is 5.33. The van der Waals surface area contributed by atoms with E-state index in [0.29, 0.717) is 0 Å². The average molecular weight is 291 g/mol. The number of benzene rings is 1. The monoisotopic (exact) mass is 291 g/mol. The molecule has 0 unspecified atom stereocenters. The molecule has 1 heterocycles. The number of ether oxygens (including phenoxy) is 1. The summed E-state index contributed by atoms with van der Waals surface area (Å²) in [6.45, 7) is 9.42. The minimum absolute atomic E-state index is 0.00340. The van der Waals surface area contributed by atoms with Gasteiger partial charge < -0.3 is 15.4 Å². The Morgan fingerprint density at radius 1 is 1.19 bits per heavy atom. The summed E-state index contributed by atoms with van der Waals surface area (Å²) in [6, 6.07) is 7.85. The molecule has 1 aromatic carbocycles. The average Bonchev–Trinajstić information content (AvgIpc) is 2.50. The molecule has 1 fully saturated rings. The smallest absolute Gasteiger partial charge is 0.226 e. The first-order valence-corrected chi connectivity index (χ1v) is 7.60. The van der Waals surface area contributed by atoms with Crippen LogP contribution in [0.5, 0.6) is 0 Å². The van der Waals surface area contributed by atoms with E-state index in [2.05, 4.69) is 15.5 Å². The molecule has 0 aromatic heterocycles. The van der Waals surface area contributed by atoms with Gasteiger partial charge in [0, 0.05) is 43.5 Å². The van der Waals surface area contributed by atoms with Gasteiger partial charge in [-0.3, -0.25) is 9.69 Å². The van der Waals surface area contributed by atoms with Crippen molar-refractivity contribution in [3.05, 3.63) is 24.3 Å². The largest absolute Gasteiger partial charge is 0.384 e. The number of rotatable bonds is 6. The van der Waals surface area contributed by atoms with Crippen LogP contribution in [0.4, 0.5) is 11.4 Å². The van der Waals surface area contributed by atoms with Crippen LogP contribution in [-0.2, 0) is 9.53 Å². The minimum atomic E-state index is -0.00340. The standard InChI is InChI=1S/C16H25N3O2/c1-13(2)16(20)18-15-5-3-14(4-6-15)17-7-8-19-9-11-21-12-10-19/h3-6,13,17H,7-12H2,1-2H3,(H,18,20). The van der Waals surface area contributed by atoms with Crippen LogP contribution in [0.1, 0.15) is 13.8 Å². The third-order valence-electron chi connectivity index (χ3n) is 3.54. The van der Waals surface area contributed by atoms with Crippen LogP contribution in [0.2, 0.25) is 0 Å². The molecule has 1 saturated heterocycles. The molecule has 1 aliphatic rings. The Morgan fingerprint density at radius 2 is 1.81 bits per heavy atom.